The Bertz CT molecular complexity index is 790. The van der Waals surface area contributed by atoms with E-state index in [1.807, 2.05) is 13.0 Å². The van der Waals surface area contributed by atoms with Gasteiger partial charge in [-0.1, -0.05) is 23.8 Å². The Hall–Kier alpha value is -2.63. The fraction of sp³-hybridized carbons (Fsp3) is 0.316. The van der Waals surface area contributed by atoms with Gasteiger partial charge in [0, 0.05) is 11.3 Å². The summed E-state index contributed by atoms with van der Waals surface area (Å²) in [6.07, 6.45) is 3.39. The molecule has 25 heavy (non-hydrogen) atoms. The van der Waals surface area contributed by atoms with Crippen molar-refractivity contribution < 1.29 is 13.5 Å². The highest BCUT2D eigenvalue weighted by molar-refractivity contribution is 5.92. The molecule has 0 saturated carbocycles. The normalized spacial score (nSPS) is 13.8. The molecule has 1 aliphatic carbocycles. The number of alkyl halides is 2. The zero-order chi connectivity index (χ0) is 17.8. The highest BCUT2D eigenvalue weighted by Gasteiger charge is 2.12. The van der Waals surface area contributed by atoms with Gasteiger partial charge in [-0.15, -0.1) is 0 Å². The van der Waals surface area contributed by atoms with E-state index in [1.165, 1.54) is 23.6 Å². The first-order chi connectivity index (χ1) is 12.0. The minimum absolute atomic E-state index is 0.120. The molecule has 0 bridgehead atoms. The van der Waals surface area contributed by atoms with Gasteiger partial charge in [-0.2, -0.15) is 8.78 Å². The van der Waals surface area contributed by atoms with E-state index in [-0.39, 0.29) is 18.3 Å². The lowest BCUT2D eigenvalue weighted by atomic mass is 10.1. The SMILES string of the molecule is Cc1ccc(OC(F)F)c(CN=C(N)Nc2ccc3c(c2)CCC3)c1. The van der Waals surface area contributed by atoms with E-state index in [1.54, 1.807) is 12.1 Å². The van der Waals surface area contributed by atoms with Gasteiger partial charge in [0.05, 0.1) is 6.54 Å². The highest BCUT2D eigenvalue weighted by atomic mass is 19.3. The number of hydrogen-bond donors (Lipinski definition) is 2. The molecule has 0 heterocycles. The quantitative estimate of drug-likeness (QED) is 0.636. The van der Waals surface area contributed by atoms with Crippen LogP contribution in [0, 0.1) is 6.92 Å². The van der Waals surface area contributed by atoms with Crippen molar-refractivity contribution in [2.45, 2.75) is 39.3 Å². The van der Waals surface area contributed by atoms with Crippen molar-refractivity contribution in [2.24, 2.45) is 10.7 Å². The second kappa shape index (κ2) is 7.51. The van der Waals surface area contributed by atoms with Crippen LogP contribution >= 0.6 is 0 Å². The molecule has 6 heteroatoms. The maximum atomic E-state index is 12.5. The summed E-state index contributed by atoms with van der Waals surface area (Å²) in [5, 5.41) is 3.06. The van der Waals surface area contributed by atoms with Crippen molar-refractivity contribution in [1.82, 2.24) is 0 Å². The number of halogens is 2. The third-order valence-corrected chi connectivity index (χ3v) is 4.22. The zero-order valence-electron chi connectivity index (χ0n) is 14.1. The van der Waals surface area contributed by atoms with E-state index >= 15 is 0 Å². The van der Waals surface area contributed by atoms with Crippen LogP contribution < -0.4 is 15.8 Å². The Morgan fingerprint density at radius 1 is 1.20 bits per heavy atom. The molecular formula is C19H21F2N3O. The number of fused-ring (bicyclic) bond motifs is 1. The first-order valence-corrected chi connectivity index (χ1v) is 8.24. The van der Waals surface area contributed by atoms with Crippen molar-refractivity contribution in [2.75, 3.05) is 5.32 Å². The fourth-order valence-electron chi connectivity index (χ4n) is 3.05. The van der Waals surface area contributed by atoms with E-state index in [0.717, 1.165) is 24.1 Å². The molecule has 0 fully saturated rings. The zero-order valence-corrected chi connectivity index (χ0v) is 14.1. The number of hydrogen-bond acceptors (Lipinski definition) is 2. The predicted octanol–water partition coefficient (Wildman–Crippen LogP) is 4.01. The van der Waals surface area contributed by atoms with Crippen molar-refractivity contribution in [3.8, 4) is 5.75 Å². The molecular weight excluding hydrogens is 324 g/mol. The van der Waals surface area contributed by atoms with Crippen molar-refractivity contribution in [3.05, 3.63) is 58.7 Å². The number of ether oxygens (including phenoxy) is 1. The maximum Gasteiger partial charge on any atom is 0.387 e. The lowest BCUT2D eigenvalue weighted by Gasteiger charge is -2.11. The van der Waals surface area contributed by atoms with E-state index in [2.05, 4.69) is 27.2 Å². The molecule has 3 rings (SSSR count). The molecule has 0 atom stereocenters. The van der Waals surface area contributed by atoms with E-state index in [0.29, 0.717) is 5.56 Å². The minimum atomic E-state index is -2.87. The average Bonchev–Trinajstić information content (AvgIpc) is 3.02. The molecule has 0 unspecified atom stereocenters. The van der Waals surface area contributed by atoms with Gasteiger partial charge in [-0.25, -0.2) is 4.99 Å². The van der Waals surface area contributed by atoms with Crippen LogP contribution in [0.5, 0.6) is 5.75 Å². The summed E-state index contributed by atoms with van der Waals surface area (Å²) in [6.45, 7) is -0.828. The third kappa shape index (κ3) is 4.47. The summed E-state index contributed by atoms with van der Waals surface area (Å²) in [7, 11) is 0. The van der Waals surface area contributed by atoms with Crippen LogP contribution in [0.2, 0.25) is 0 Å². The van der Waals surface area contributed by atoms with E-state index in [4.69, 9.17) is 5.73 Å². The Kier molecular flexibility index (Phi) is 5.16. The Morgan fingerprint density at radius 3 is 2.80 bits per heavy atom. The first kappa shape index (κ1) is 17.2. The first-order valence-electron chi connectivity index (χ1n) is 8.24. The number of rotatable bonds is 5. The van der Waals surface area contributed by atoms with Gasteiger partial charge < -0.3 is 15.8 Å². The largest absolute Gasteiger partial charge is 0.434 e. The molecule has 0 spiro atoms. The topological polar surface area (TPSA) is 59.6 Å². The number of anilines is 1. The molecule has 4 nitrogen and oxygen atoms in total. The van der Waals surface area contributed by atoms with Gasteiger partial charge >= 0.3 is 6.61 Å². The number of nitrogens with one attached hydrogen (secondary N) is 1. The Balaban J connectivity index is 1.70. The van der Waals surface area contributed by atoms with Crippen molar-refractivity contribution in [3.63, 3.8) is 0 Å². The molecule has 0 saturated heterocycles. The van der Waals surface area contributed by atoms with Crippen LogP contribution in [-0.4, -0.2) is 12.6 Å². The molecule has 1 aliphatic rings. The Morgan fingerprint density at radius 2 is 2.00 bits per heavy atom. The monoisotopic (exact) mass is 345 g/mol. The van der Waals surface area contributed by atoms with Gasteiger partial charge in [0.15, 0.2) is 5.96 Å². The smallest absolute Gasteiger partial charge is 0.387 e. The minimum Gasteiger partial charge on any atom is -0.434 e. The van der Waals surface area contributed by atoms with Gasteiger partial charge in [-0.05, 0) is 55.5 Å². The lowest BCUT2D eigenvalue weighted by molar-refractivity contribution is -0.0504. The molecule has 0 amide bonds. The highest BCUT2D eigenvalue weighted by Crippen LogP contribution is 2.25. The molecule has 132 valence electrons. The number of nitrogens with two attached hydrogens (primary N) is 1. The van der Waals surface area contributed by atoms with Crippen LogP contribution in [0.3, 0.4) is 0 Å². The number of aliphatic imine (C=N–C) groups is 1. The summed E-state index contributed by atoms with van der Waals surface area (Å²) < 4.78 is 29.5. The molecule has 2 aromatic carbocycles. The van der Waals surface area contributed by atoms with Gasteiger partial charge in [0.1, 0.15) is 5.75 Å². The van der Waals surface area contributed by atoms with E-state index < -0.39 is 6.61 Å². The summed E-state index contributed by atoms with van der Waals surface area (Å²) in [5.41, 5.74) is 11.1. The number of aryl methyl sites for hydroxylation is 3. The van der Waals surface area contributed by atoms with Crippen molar-refractivity contribution in [1.29, 1.82) is 0 Å². The van der Waals surface area contributed by atoms with E-state index in [9.17, 15) is 8.78 Å². The third-order valence-electron chi connectivity index (χ3n) is 4.22. The van der Waals surface area contributed by atoms with Crippen LogP contribution in [0.1, 0.15) is 28.7 Å². The second-order valence-electron chi connectivity index (χ2n) is 6.15. The van der Waals surface area contributed by atoms with Gasteiger partial charge in [0.25, 0.3) is 0 Å². The summed E-state index contributed by atoms with van der Waals surface area (Å²) in [5.74, 6) is 0.358. The number of guanidine groups is 1. The molecule has 0 aliphatic heterocycles. The molecule has 2 aromatic rings. The van der Waals surface area contributed by atoms with Crippen molar-refractivity contribution >= 4 is 11.6 Å². The Labute approximate surface area is 145 Å². The lowest BCUT2D eigenvalue weighted by Crippen LogP contribution is -2.22. The second-order valence-corrected chi connectivity index (χ2v) is 6.15. The standard InChI is InChI=1S/C19H21F2N3O/c1-12-5-8-17(25-18(20)21)15(9-12)11-23-19(22)24-16-7-6-13-3-2-4-14(13)10-16/h5-10,18H,2-4,11H2,1H3,(H3,22,23,24). The molecule has 3 N–H and O–H groups in total. The molecule has 0 radical (unpaired) electrons. The number of nitrogens with zero attached hydrogens (tertiary/aromatic N) is 1. The molecule has 0 aromatic heterocycles. The maximum absolute atomic E-state index is 12.5. The summed E-state index contributed by atoms with van der Waals surface area (Å²) in [6, 6.07) is 11.2. The summed E-state index contributed by atoms with van der Waals surface area (Å²) >= 11 is 0. The van der Waals surface area contributed by atoms with Crippen LogP contribution in [0.25, 0.3) is 0 Å². The fourth-order valence-corrected chi connectivity index (χ4v) is 3.05. The van der Waals surface area contributed by atoms with Crippen LogP contribution in [0.4, 0.5) is 14.5 Å². The number of benzene rings is 2. The van der Waals surface area contributed by atoms with Crippen LogP contribution in [0.15, 0.2) is 41.4 Å². The average molecular weight is 345 g/mol. The summed E-state index contributed by atoms with van der Waals surface area (Å²) in [4.78, 5) is 4.25. The van der Waals surface area contributed by atoms with Crippen LogP contribution in [-0.2, 0) is 19.4 Å². The predicted molar refractivity (Wildman–Crippen MR) is 95.2 cm³/mol. The van der Waals surface area contributed by atoms with Gasteiger partial charge in [0.2, 0.25) is 0 Å². The van der Waals surface area contributed by atoms with Gasteiger partial charge in [-0.3, -0.25) is 0 Å².